The second-order valence-corrected chi connectivity index (χ2v) is 6.05. The highest BCUT2D eigenvalue weighted by Crippen LogP contribution is 2.24. The van der Waals surface area contributed by atoms with Gasteiger partial charge in [-0.25, -0.2) is 0 Å². The van der Waals surface area contributed by atoms with E-state index in [9.17, 15) is 0 Å². The van der Waals surface area contributed by atoms with E-state index < -0.39 is 0 Å². The maximum absolute atomic E-state index is 3.65. The van der Waals surface area contributed by atoms with Crippen LogP contribution in [0, 0.1) is 5.92 Å². The number of nitrogens with zero attached hydrogens (tertiary/aromatic N) is 1. The van der Waals surface area contributed by atoms with E-state index in [0.717, 1.165) is 32.1 Å². The van der Waals surface area contributed by atoms with Crippen molar-refractivity contribution >= 4 is 5.69 Å². The van der Waals surface area contributed by atoms with Crippen LogP contribution in [0.5, 0.6) is 0 Å². The molecular weight excluding hydrogens is 244 g/mol. The lowest BCUT2D eigenvalue weighted by molar-refractivity contribution is 0.296. The van der Waals surface area contributed by atoms with Gasteiger partial charge in [-0.2, -0.15) is 0 Å². The Kier molecular flexibility index (Phi) is 6.38. The Morgan fingerprint density at radius 3 is 2.55 bits per heavy atom. The number of rotatable bonds is 7. The number of hydrogen-bond donors (Lipinski definition) is 1. The van der Waals surface area contributed by atoms with E-state index in [2.05, 4.69) is 48.3 Å². The fourth-order valence-corrected chi connectivity index (χ4v) is 3.14. The number of anilines is 1. The molecule has 1 aromatic carbocycles. The average molecular weight is 274 g/mol. The van der Waals surface area contributed by atoms with E-state index in [0.29, 0.717) is 0 Å². The smallest absolute Gasteiger partial charge is 0.0343 e. The third kappa shape index (κ3) is 4.82. The summed E-state index contributed by atoms with van der Waals surface area (Å²) >= 11 is 0. The zero-order valence-electron chi connectivity index (χ0n) is 13.2. The van der Waals surface area contributed by atoms with Crippen LogP contribution in [0.2, 0.25) is 0 Å². The van der Waals surface area contributed by atoms with E-state index in [1.165, 1.54) is 43.4 Å². The fraction of sp³-hybridized carbons (Fsp3) is 0.667. The molecule has 1 aromatic rings. The second kappa shape index (κ2) is 8.31. The maximum Gasteiger partial charge on any atom is 0.0343 e. The minimum absolute atomic E-state index is 0.884. The summed E-state index contributed by atoms with van der Waals surface area (Å²) in [6.45, 7) is 8.91. The summed E-state index contributed by atoms with van der Waals surface area (Å²) in [6, 6.07) is 8.95. The van der Waals surface area contributed by atoms with Crippen molar-refractivity contribution < 1.29 is 0 Å². The van der Waals surface area contributed by atoms with Crippen LogP contribution in [0.15, 0.2) is 24.3 Å². The molecule has 1 aliphatic carbocycles. The van der Waals surface area contributed by atoms with E-state index in [1.807, 2.05) is 0 Å². The van der Waals surface area contributed by atoms with Crippen molar-refractivity contribution in [3.63, 3.8) is 0 Å². The minimum atomic E-state index is 0.884. The highest BCUT2D eigenvalue weighted by Gasteiger charge is 2.12. The number of hydrogen-bond acceptors (Lipinski definition) is 2. The molecule has 0 saturated heterocycles. The molecule has 2 rings (SSSR count). The van der Waals surface area contributed by atoms with Crippen LogP contribution in [-0.2, 0) is 6.54 Å². The number of benzene rings is 1. The standard InChI is InChI=1S/C18H30N2/c1-3-20(4-2)15-17-11-8-12-18(13-17)19-14-16-9-6-5-7-10-16/h8,11-13,16,19H,3-7,9-10,14-15H2,1-2H3. The Bertz CT molecular complexity index is 379. The van der Waals surface area contributed by atoms with Gasteiger partial charge in [-0.1, -0.05) is 45.2 Å². The molecule has 2 nitrogen and oxygen atoms in total. The minimum Gasteiger partial charge on any atom is -0.385 e. The summed E-state index contributed by atoms with van der Waals surface area (Å²) in [5.74, 6) is 0.884. The van der Waals surface area contributed by atoms with Crippen molar-refractivity contribution in [2.75, 3.05) is 25.0 Å². The van der Waals surface area contributed by atoms with Crippen LogP contribution in [-0.4, -0.2) is 24.5 Å². The van der Waals surface area contributed by atoms with Gasteiger partial charge in [0.05, 0.1) is 0 Å². The van der Waals surface area contributed by atoms with Crippen molar-refractivity contribution in [1.82, 2.24) is 4.90 Å². The van der Waals surface area contributed by atoms with Gasteiger partial charge in [0.2, 0.25) is 0 Å². The highest BCUT2D eigenvalue weighted by molar-refractivity contribution is 5.45. The Morgan fingerprint density at radius 1 is 1.10 bits per heavy atom. The Balaban J connectivity index is 1.85. The van der Waals surface area contributed by atoms with Gasteiger partial charge in [-0.3, -0.25) is 4.90 Å². The van der Waals surface area contributed by atoms with Crippen molar-refractivity contribution in [2.24, 2.45) is 5.92 Å². The first kappa shape index (κ1) is 15.4. The predicted octanol–water partition coefficient (Wildman–Crippen LogP) is 4.52. The largest absolute Gasteiger partial charge is 0.385 e. The molecule has 0 aromatic heterocycles. The van der Waals surface area contributed by atoms with E-state index >= 15 is 0 Å². The Labute approximate surface area is 124 Å². The molecule has 0 bridgehead atoms. The molecule has 112 valence electrons. The molecule has 1 fully saturated rings. The van der Waals surface area contributed by atoms with Gasteiger partial charge in [-0.05, 0) is 49.5 Å². The lowest BCUT2D eigenvalue weighted by Crippen LogP contribution is -2.22. The van der Waals surface area contributed by atoms with Crippen LogP contribution in [0.1, 0.15) is 51.5 Å². The average Bonchev–Trinajstić information content (AvgIpc) is 2.52. The van der Waals surface area contributed by atoms with Gasteiger partial charge < -0.3 is 5.32 Å². The SMILES string of the molecule is CCN(CC)Cc1cccc(NCC2CCCCC2)c1. The van der Waals surface area contributed by atoms with Gasteiger partial charge in [-0.15, -0.1) is 0 Å². The molecule has 0 atom stereocenters. The maximum atomic E-state index is 3.65. The van der Waals surface area contributed by atoms with Gasteiger partial charge in [0.15, 0.2) is 0 Å². The third-order valence-electron chi connectivity index (χ3n) is 4.55. The Morgan fingerprint density at radius 2 is 1.85 bits per heavy atom. The summed E-state index contributed by atoms with van der Waals surface area (Å²) in [5, 5.41) is 3.65. The van der Waals surface area contributed by atoms with Gasteiger partial charge in [0.25, 0.3) is 0 Å². The first-order valence-corrected chi connectivity index (χ1v) is 8.37. The molecular formula is C18H30N2. The lowest BCUT2D eigenvalue weighted by Gasteiger charge is -2.23. The fourth-order valence-electron chi connectivity index (χ4n) is 3.14. The molecule has 0 aliphatic heterocycles. The number of nitrogens with one attached hydrogen (secondary N) is 1. The van der Waals surface area contributed by atoms with E-state index in [-0.39, 0.29) is 0 Å². The van der Waals surface area contributed by atoms with Crippen LogP contribution in [0.4, 0.5) is 5.69 Å². The molecule has 20 heavy (non-hydrogen) atoms. The predicted molar refractivity (Wildman–Crippen MR) is 88.1 cm³/mol. The van der Waals surface area contributed by atoms with E-state index in [1.54, 1.807) is 0 Å². The van der Waals surface area contributed by atoms with Crippen molar-refractivity contribution in [3.8, 4) is 0 Å². The zero-order valence-corrected chi connectivity index (χ0v) is 13.2. The van der Waals surface area contributed by atoms with Crippen molar-refractivity contribution in [3.05, 3.63) is 29.8 Å². The van der Waals surface area contributed by atoms with Crippen LogP contribution >= 0.6 is 0 Å². The molecule has 1 saturated carbocycles. The normalized spacial score (nSPS) is 16.6. The molecule has 0 radical (unpaired) electrons. The summed E-state index contributed by atoms with van der Waals surface area (Å²) in [4.78, 5) is 2.46. The van der Waals surface area contributed by atoms with Gasteiger partial charge >= 0.3 is 0 Å². The molecule has 0 unspecified atom stereocenters. The lowest BCUT2D eigenvalue weighted by atomic mass is 9.89. The third-order valence-corrected chi connectivity index (χ3v) is 4.55. The zero-order chi connectivity index (χ0) is 14.2. The first-order chi connectivity index (χ1) is 9.81. The molecule has 0 spiro atoms. The quantitative estimate of drug-likeness (QED) is 0.786. The van der Waals surface area contributed by atoms with Crippen LogP contribution < -0.4 is 5.32 Å². The van der Waals surface area contributed by atoms with Crippen molar-refractivity contribution in [1.29, 1.82) is 0 Å². The van der Waals surface area contributed by atoms with E-state index in [4.69, 9.17) is 0 Å². The Hall–Kier alpha value is -1.02. The summed E-state index contributed by atoms with van der Waals surface area (Å²) < 4.78 is 0. The molecule has 1 N–H and O–H groups in total. The topological polar surface area (TPSA) is 15.3 Å². The molecule has 2 heteroatoms. The summed E-state index contributed by atoms with van der Waals surface area (Å²) in [7, 11) is 0. The molecule has 1 aliphatic rings. The van der Waals surface area contributed by atoms with Crippen LogP contribution in [0.3, 0.4) is 0 Å². The second-order valence-electron chi connectivity index (χ2n) is 6.05. The van der Waals surface area contributed by atoms with Gasteiger partial charge in [0.1, 0.15) is 0 Å². The van der Waals surface area contributed by atoms with Crippen molar-refractivity contribution in [2.45, 2.75) is 52.5 Å². The summed E-state index contributed by atoms with van der Waals surface area (Å²) in [5.41, 5.74) is 2.71. The highest BCUT2D eigenvalue weighted by atomic mass is 15.1. The monoisotopic (exact) mass is 274 g/mol. The summed E-state index contributed by atoms with van der Waals surface area (Å²) in [6.07, 6.45) is 7.11. The molecule has 0 heterocycles. The molecule has 0 amide bonds. The van der Waals surface area contributed by atoms with Gasteiger partial charge in [0, 0.05) is 18.8 Å². The van der Waals surface area contributed by atoms with Crippen LogP contribution in [0.25, 0.3) is 0 Å². The first-order valence-electron chi connectivity index (χ1n) is 8.37.